The van der Waals surface area contributed by atoms with Crippen molar-refractivity contribution in [3.8, 4) is 0 Å². The number of Topliss-reactive ketones (excluding diaryl/α,β-unsaturated/α-hetero) is 2. The maximum Gasteiger partial charge on any atom is 0.234 e. The average molecular weight is 337 g/mol. The van der Waals surface area contributed by atoms with Gasteiger partial charge in [-0.05, 0) is 12.5 Å². The van der Waals surface area contributed by atoms with Gasteiger partial charge in [0.05, 0.1) is 11.5 Å². The number of nitro groups is 1. The molecule has 0 unspecified atom stereocenters. The zero-order valence-corrected chi connectivity index (χ0v) is 13.4. The van der Waals surface area contributed by atoms with Gasteiger partial charge in [-0.15, -0.1) is 0 Å². The lowest BCUT2D eigenvalue weighted by Gasteiger charge is -2.22. The molecule has 1 aliphatic carbocycles. The van der Waals surface area contributed by atoms with Crippen molar-refractivity contribution >= 4 is 17.3 Å². The molecule has 0 radical (unpaired) electrons. The molecular weight excluding hydrogens is 322 g/mol. The van der Waals surface area contributed by atoms with Crippen molar-refractivity contribution in [3.63, 3.8) is 0 Å². The largest absolute Gasteiger partial charge is 0.507 e. The van der Waals surface area contributed by atoms with Crippen molar-refractivity contribution in [3.05, 3.63) is 86.5 Å². The fourth-order valence-electron chi connectivity index (χ4n) is 3.02. The van der Waals surface area contributed by atoms with Gasteiger partial charge in [-0.3, -0.25) is 19.7 Å². The molecule has 1 N–H and O–H groups in total. The first-order chi connectivity index (χ1) is 11.9. The molecule has 1 aliphatic rings. The summed E-state index contributed by atoms with van der Waals surface area (Å²) in [7, 11) is 0. The Labute approximate surface area is 143 Å². The van der Waals surface area contributed by atoms with Crippen LogP contribution in [0.25, 0.3) is 5.76 Å². The van der Waals surface area contributed by atoms with E-state index in [4.69, 9.17) is 0 Å². The van der Waals surface area contributed by atoms with Crippen molar-refractivity contribution in [1.82, 2.24) is 0 Å². The fourth-order valence-corrected chi connectivity index (χ4v) is 3.02. The topological polar surface area (TPSA) is 97.5 Å². The molecule has 0 saturated carbocycles. The van der Waals surface area contributed by atoms with Gasteiger partial charge in [-0.25, -0.2) is 0 Å². The van der Waals surface area contributed by atoms with Gasteiger partial charge in [0.25, 0.3) is 0 Å². The van der Waals surface area contributed by atoms with E-state index in [1.165, 1.54) is 12.1 Å². The minimum Gasteiger partial charge on any atom is -0.507 e. The predicted molar refractivity (Wildman–Crippen MR) is 91.1 cm³/mol. The van der Waals surface area contributed by atoms with Crippen molar-refractivity contribution in [2.45, 2.75) is 12.8 Å². The zero-order chi connectivity index (χ0) is 18.1. The van der Waals surface area contributed by atoms with Crippen LogP contribution in [-0.2, 0) is 4.79 Å². The summed E-state index contributed by atoms with van der Waals surface area (Å²) in [6, 6.07) is 13.1. The standard InChI is InChI=1S/C19H15NO5/c1-11-6-8-12(9-7-11)15(10-20(24)25)16-17(21)13-4-2-3-5-14(13)18(22)19(16)23/h2-9,15,21H,10H2,1H3/t15-/m0/s1. The third-order valence-electron chi connectivity index (χ3n) is 4.29. The molecule has 2 aromatic rings. The number of benzene rings is 2. The number of aliphatic hydroxyl groups is 1. The lowest BCUT2D eigenvalue weighted by molar-refractivity contribution is -0.481. The average Bonchev–Trinajstić information content (AvgIpc) is 2.59. The monoisotopic (exact) mass is 337 g/mol. The van der Waals surface area contributed by atoms with Crippen molar-refractivity contribution in [2.24, 2.45) is 0 Å². The highest BCUT2D eigenvalue weighted by Crippen LogP contribution is 2.36. The molecule has 0 aromatic heterocycles. The van der Waals surface area contributed by atoms with E-state index in [9.17, 15) is 24.8 Å². The summed E-state index contributed by atoms with van der Waals surface area (Å²) in [5.74, 6) is -3.03. The molecule has 6 heteroatoms. The Kier molecular flexibility index (Phi) is 4.19. The Balaban J connectivity index is 2.20. The van der Waals surface area contributed by atoms with Crippen LogP contribution in [0.1, 0.15) is 33.0 Å². The van der Waals surface area contributed by atoms with Crippen LogP contribution in [0.15, 0.2) is 54.1 Å². The minimum absolute atomic E-state index is 0.109. The molecule has 0 spiro atoms. The highest BCUT2D eigenvalue weighted by atomic mass is 16.6. The quantitative estimate of drug-likeness (QED) is 0.525. The van der Waals surface area contributed by atoms with Crippen LogP contribution in [0, 0.1) is 17.0 Å². The highest BCUT2D eigenvalue weighted by Gasteiger charge is 2.39. The van der Waals surface area contributed by atoms with Gasteiger partial charge in [0, 0.05) is 16.1 Å². The van der Waals surface area contributed by atoms with E-state index in [1.54, 1.807) is 36.4 Å². The van der Waals surface area contributed by atoms with Crippen molar-refractivity contribution in [1.29, 1.82) is 0 Å². The maximum atomic E-state index is 12.6. The van der Waals surface area contributed by atoms with Crippen molar-refractivity contribution < 1.29 is 19.6 Å². The Hall–Kier alpha value is -3.28. The fraction of sp³-hybridized carbons (Fsp3) is 0.158. The van der Waals surface area contributed by atoms with E-state index in [1.807, 2.05) is 6.92 Å². The number of ketones is 2. The second-order valence-corrected chi connectivity index (χ2v) is 5.94. The number of hydrogen-bond acceptors (Lipinski definition) is 5. The van der Waals surface area contributed by atoms with E-state index in [2.05, 4.69) is 0 Å². The number of hydrogen-bond donors (Lipinski definition) is 1. The lowest BCUT2D eigenvalue weighted by atomic mass is 9.79. The highest BCUT2D eigenvalue weighted by molar-refractivity contribution is 6.52. The second kappa shape index (κ2) is 6.32. The Morgan fingerprint density at radius 1 is 1.00 bits per heavy atom. The van der Waals surface area contributed by atoms with E-state index in [-0.39, 0.29) is 22.5 Å². The van der Waals surface area contributed by atoms with Crippen LogP contribution < -0.4 is 0 Å². The molecule has 0 fully saturated rings. The smallest absolute Gasteiger partial charge is 0.234 e. The molecule has 126 valence electrons. The molecule has 0 amide bonds. The minimum atomic E-state index is -1.000. The molecule has 0 heterocycles. The van der Waals surface area contributed by atoms with Crippen LogP contribution in [-0.4, -0.2) is 28.1 Å². The van der Waals surface area contributed by atoms with Crippen LogP contribution in [0.2, 0.25) is 0 Å². The van der Waals surface area contributed by atoms with Gasteiger partial charge < -0.3 is 5.11 Å². The second-order valence-electron chi connectivity index (χ2n) is 5.94. The summed E-state index contributed by atoms with van der Waals surface area (Å²) in [4.78, 5) is 35.5. The SMILES string of the molecule is Cc1ccc([C@H](C[N+](=O)[O-])C2=C(O)c3ccccc3C(=O)C2=O)cc1. The lowest BCUT2D eigenvalue weighted by Crippen LogP contribution is -2.30. The molecule has 0 aliphatic heterocycles. The summed E-state index contributed by atoms with van der Waals surface area (Å²) in [6.07, 6.45) is 0. The molecule has 0 bridgehead atoms. The van der Waals surface area contributed by atoms with Crippen molar-refractivity contribution in [2.75, 3.05) is 6.54 Å². The number of aryl methyl sites for hydroxylation is 1. The van der Waals surface area contributed by atoms with Crippen LogP contribution in [0.5, 0.6) is 0 Å². The zero-order valence-electron chi connectivity index (χ0n) is 13.4. The van der Waals surface area contributed by atoms with Gasteiger partial charge in [0.1, 0.15) is 5.76 Å². The molecule has 25 heavy (non-hydrogen) atoms. The summed E-state index contributed by atoms with van der Waals surface area (Å²) < 4.78 is 0. The molecule has 0 saturated heterocycles. The molecule has 3 rings (SSSR count). The number of nitrogens with zero attached hydrogens (tertiary/aromatic N) is 1. The predicted octanol–water partition coefficient (Wildman–Crippen LogP) is 3.09. The number of fused-ring (bicyclic) bond motifs is 1. The van der Waals surface area contributed by atoms with Gasteiger partial charge in [0.2, 0.25) is 18.1 Å². The Bertz CT molecular complexity index is 912. The Morgan fingerprint density at radius 2 is 1.60 bits per heavy atom. The third kappa shape index (κ3) is 2.94. The summed E-state index contributed by atoms with van der Waals surface area (Å²) in [6.45, 7) is 1.28. The maximum absolute atomic E-state index is 12.6. The van der Waals surface area contributed by atoms with Crippen LogP contribution in [0.4, 0.5) is 0 Å². The molecule has 2 aromatic carbocycles. The van der Waals surface area contributed by atoms with Crippen LogP contribution in [0.3, 0.4) is 0 Å². The van der Waals surface area contributed by atoms with E-state index < -0.39 is 29.0 Å². The number of rotatable bonds is 4. The van der Waals surface area contributed by atoms with Gasteiger partial charge in [0.15, 0.2) is 0 Å². The van der Waals surface area contributed by atoms with Gasteiger partial charge in [-0.2, -0.15) is 0 Å². The van der Waals surface area contributed by atoms with Gasteiger partial charge in [-0.1, -0.05) is 54.1 Å². The molecular formula is C19H15NO5. The number of carbonyl (C=O) groups is 2. The van der Waals surface area contributed by atoms with Gasteiger partial charge >= 0.3 is 0 Å². The van der Waals surface area contributed by atoms with E-state index in [0.29, 0.717) is 5.56 Å². The molecule has 1 atom stereocenters. The summed E-state index contributed by atoms with van der Waals surface area (Å²) in [5, 5.41) is 21.7. The normalized spacial score (nSPS) is 15.1. The Morgan fingerprint density at radius 3 is 2.20 bits per heavy atom. The first-order valence-corrected chi connectivity index (χ1v) is 7.70. The van der Waals surface area contributed by atoms with Crippen LogP contribution >= 0.6 is 0 Å². The van der Waals surface area contributed by atoms with E-state index >= 15 is 0 Å². The first kappa shape index (κ1) is 16.6. The third-order valence-corrected chi connectivity index (χ3v) is 4.29. The summed E-state index contributed by atoms with van der Waals surface area (Å²) in [5.41, 5.74) is 1.58. The summed E-state index contributed by atoms with van der Waals surface area (Å²) >= 11 is 0. The molecule has 6 nitrogen and oxygen atoms in total. The number of aliphatic hydroxyl groups excluding tert-OH is 1. The first-order valence-electron chi connectivity index (χ1n) is 7.70. The number of carbonyl (C=O) groups excluding carboxylic acids is 2. The van der Waals surface area contributed by atoms with E-state index in [0.717, 1.165) is 5.56 Å².